The fourth-order valence-corrected chi connectivity index (χ4v) is 7.11. The Labute approximate surface area is 211 Å². The van der Waals surface area contributed by atoms with E-state index >= 15 is 0 Å². The standard InChI is InChI=1S/C27H37N3O6/c1-34-14-13-29(11-2-10-28)25(32)35-20-7-8-27(33)21-15-18-5-6-19(31)23-22(18)26(27,24(20)36-23)9-12-30(21)16-17-3-4-17/h5-7,17,21,24,31,33H,2-4,8-16,28H2,1H3/t21-,24+,26+,27-/m1/s1. The molecule has 36 heavy (non-hydrogen) atoms. The van der Waals surface area contributed by atoms with E-state index in [9.17, 15) is 15.0 Å². The lowest BCUT2D eigenvalue weighted by Gasteiger charge is -2.62. The molecule has 2 heterocycles. The van der Waals surface area contributed by atoms with Gasteiger partial charge in [0.15, 0.2) is 17.6 Å². The number of phenols is 1. The molecule has 1 saturated heterocycles. The monoisotopic (exact) mass is 499 g/mol. The van der Waals surface area contributed by atoms with Crippen LogP contribution < -0.4 is 10.5 Å². The summed E-state index contributed by atoms with van der Waals surface area (Å²) < 4.78 is 17.6. The van der Waals surface area contributed by atoms with Crippen molar-refractivity contribution in [1.82, 2.24) is 9.80 Å². The number of methoxy groups -OCH3 is 1. The molecular formula is C27H37N3O6. The number of carbonyl (C=O) groups is 1. The number of nitrogens with two attached hydrogens (primary N) is 1. The van der Waals surface area contributed by atoms with Crippen LogP contribution >= 0.6 is 0 Å². The lowest BCUT2D eigenvalue weighted by Crippen LogP contribution is -2.75. The first kappa shape index (κ1) is 24.0. The molecule has 1 aromatic rings. The zero-order chi connectivity index (χ0) is 25.1. The van der Waals surface area contributed by atoms with Gasteiger partial charge in [-0.15, -0.1) is 0 Å². The van der Waals surface area contributed by atoms with Gasteiger partial charge in [0, 0.05) is 44.8 Å². The third-order valence-electron chi connectivity index (χ3n) is 9.05. The predicted octanol–water partition coefficient (Wildman–Crippen LogP) is 1.88. The summed E-state index contributed by atoms with van der Waals surface area (Å²) in [5.41, 5.74) is 5.85. The van der Waals surface area contributed by atoms with E-state index in [4.69, 9.17) is 19.9 Å². The fraction of sp³-hybridized carbons (Fsp3) is 0.667. The highest BCUT2D eigenvalue weighted by Gasteiger charge is 2.72. The van der Waals surface area contributed by atoms with Crippen LogP contribution in [0.2, 0.25) is 0 Å². The largest absolute Gasteiger partial charge is 0.504 e. The normalized spacial score (nSPS) is 31.9. The minimum absolute atomic E-state index is 0.0443. The number of benzene rings is 1. The number of piperidine rings is 1. The van der Waals surface area contributed by atoms with E-state index in [1.54, 1.807) is 18.1 Å². The lowest BCUT2D eigenvalue weighted by molar-refractivity contribution is -0.169. The molecule has 2 bridgehead atoms. The van der Waals surface area contributed by atoms with Crippen molar-refractivity contribution in [3.63, 3.8) is 0 Å². The van der Waals surface area contributed by atoms with Crippen molar-refractivity contribution in [3.05, 3.63) is 35.1 Å². The van der Waals surface area contributed by atoms with Crippen LogP contribution in [0.15, 0.2) is 24.0 Å². The molecule has 3 aliphatic carbocycles. The van der Waals surface area contributed by atoms with Gasteiger partial charge in [-0.25, -0.2) is 4.79 Å². The molecule has 0 aromatic heterocycles. The molecule has 0 unspecified atom stereocenters. The highest BCUT2D eigenvalue weighted by atomic mass is 16.6. The Hall–Kier alpha value is -2.33. The number of carbonyl (C=O) groups excluding carboxylic acids is 1. The fourth-order valence-electron chi connectivity index (χ4n) is 7.11. The molecule has 9 heteroatoms. The summed E-state index contributed by atoms with van der Waals surface area (Å²) in [6.45, 7) is 3.58. The zero-order valence-corrected chi connectivity index (χ0v) is 20.9. The molecule has 196 valence electrons. The Balaban J connectivity index is 1.36. The molecular weight excluding hydrogens is 462 g/mol. The van der Waals surface area contributed by atoms with E-state index in [2.05, 4.69) is 4.90 Å². The molecule has 1 saturated carbocycles. The molecule has 2 fully saturated rings. The number of phenolic OH excluding ortho intramolecular Hbond substituents is 1. The van der Waals surface area contributed by atoms with Crippen molar-refractivity contribution in [2.75, 3.05) is 46.4 Å². The first-order valence-electron chi connectivity index (χ1n) is 13.3. The van der Waals surface area contributed by atoms with Crippen LogP contribution in [0, 0.1) is 5.92 Å². The van der Waals surface area contributed by atoms with Crippen LogP contribution in [0.25, 0.3) is 0 Å². The Morgan fingerprint density at radius 1 is 1.33 bits per heavy atom. The third kappa shape index (κ3) is 3.47. The number of hydrogen-bond donors (Lipinski definition) is 3. The average molecular weight is 500 g/mol. The lowest BCUT2D eigenvalue weighted by atomic mass is 9.50. The number of ether oxygens (including phenoxy) is 3. The number of aliphatic hydroxyl groups is 1. The summed E-state index contributed by atoms with van der Waals surface area (Å²) in [5, 5.41) is 23.2. The molecule has 0 radical (unpaired) electrons. The van der Waals surface area contributed by atoms with Crippen molar-refractivity contribution in [2.24, 2.45) is 11.7 Å². The highest BCUT2D eigenvalue weighted by Crippen LogP contribution is 2.65. The van der Waals surface area contributed by atoms with Gasteiger partial charge in [0.1, 0.15) is 5.76 Å². The quantitative estimate of drug-likeness (QED) is 0.472. The molecule has 6 rings (SSSR count). The second-order valence-corrected chi connectivity index (χ2v) is 11.1. The number of amides is 1. The van der Waals surface area contributed by atoms with Crippen molar-refractivity contribution in [2.45, 2.75) is 61.7 Å². The maximum Gasteiger partial charge on any atom is 0.415 e. The number of likely N-dealkylation sites (tertiary alicyclic amines) is 1. The van der Waals surface area contributed by atoms with E-state index in [0.717, 1.165) is 36.6 Å². The molecule has 1 spiro atoms. The van der Waals surface area contributed by atoms with Crippen LogP contribution in [-0.2, 0) is 21.3 Å². The summed E-state index contributed by atoms with van der Waals surface area (Å²) in [5.74, 6) is 1.62. The minimum atomic E-state index is -1.07. The van der Waals surface area contributed by atoms with Crippen LogP contribution in [0.4, 0.5) is 4.79 Å². The van der Waals surface area contributed by atoms with Gasteiger partial charge in [-0.05, 0) is 68.8 Å². The second-order valence-electron chi connectivity index (χ2n) is 11.1. The Morgan fingerprint density at radius 2 is 2.17 bits per heavy atom. The molecule has 1 aromatic carbocycles. The topological polar surface area (TPSA) is 118 Å². The maximum atomic E-state index is 13.2. The Morgan fingerprint density at radius 3 is 2.92 bits per heavy atom. The van der Waals surface area contributed by atoms with Crippen LogP contribution in [-0.4, -0.2) is 90.3 Å². The third-order valence-corrected chi connectivity index (χ3v) is 9.05. The van der Waals surface area contributed by atoms with E-state index in [1.165, 1.54) is 12.8 Å². The van der Waals surface area contributed by atoms with Crippen molar-refractivity contribution in [1.29, 1.82) is 0 Å². The molecule has 4 N–H and O–H groups in total. The SMILES string of the molecule is COCCN(CCCN)C(=O)OC1=CC[C@@]2(O)[C@H]3Cc4ccc(O)c5c4[C@@]2(CCN3CC2CC2)[C@H]1O5. The van der Waals surface area contributed by atoms with Gasteiger partial charge in [-0.3, -0.25) is 4.90 Å². The van der Waals surface area contributed by atoms with Gasteiger partial charge >= 0.3 is 6.09 Å². The van der Waals surface area contributed by atoms with E-state index in [-0.39, 0.29) is 11.8 Å². The van der Waals surface area contributed by atoms with Gasteiger partial charge in [-0.1, -0.05) is 6.07 Å². The van der Waals surface area contributed by atoms with Crippen LogP contribution in [0.3, 0.4) is 0 Å². The van der Waals surface area contributed by atoms with Crippen molar-refractivity contribution < 1.29 is 29.2 Å². The number of nitrogens with zero attached hydrogens (tertiary/aromatic N) is 2. The smallest absolute Gasteiger partial charge is 0.415 e. The molecule has 2 aliphatic heterocycles. The van der Waals surface area contributed by atoms with E-state index in [1.807, 2.05) is 12.1 Å². The number of hydrogen-bond acceptors (Lipinski definition) is 8. The maximum absolute atomic E-state index is 13.2. The summed E-state index contributed by atoms with van der Waals surface area (Å²) in [6.07, 6.45) is 5.63. The summed E-state index contributed by atoms with van der Waals surface area (Å²) in [6, 6.07) is 3.61. The summed E-state index contributed by atoms with van der Waals surface area (Å²) >= 11 is 0. The van der Waals surface area contributed by atoms with Crippen LogP contribution in [0.1, 0.15) is 43.2 Å². The molecule has 5 aliphatic rings. The molecule has 1 amide bonds. The Kier molecular flexibility index (Phi) is 5.94. The Bertz CT molecular complexity index is 1070. The summed E-state index contributed by atoms with van der Waals surface area (Å²) in [4.78, 5) is 17.3. The number of aromatic hydroxyl groups is 1. The highest BCUT2D eigenvalue weighted by molar-refractivity contribution is 5.70. The number of rotatable bonds is 9. The van der Waals surface area contributed by atoms with Gasteiger partial charge < -0.3 is 35.1 Å². The minimum Gasteiger partial charge on any atom is -0.504 e. The first-order valence-corrected chi connectivity index (χ1v) is 13.3. The van der Waals surface area contributed by atoms with Gasteiger partial charge in [0.25, 0.3) is 0 Å². The van der Waals surface area contributed by atoms with E-state index < -0.39 is 23.2 Å². The van der Waals surface area contributed by atoms with Gasteiger partial charge in [-0.2, -0.15) is 0 Å². The van der Waals surface area contributed by atoms with E-state index in [0.29, 0.717) is 57.0 Å². The summed E-state index contributed by atoms with van der Waals surface area (Å²) in [7, 11) is 1.60. The van der Waals surface area contributed by atoms with Crippen molar-refractivity contribution >= 4 is 6.09 Å². The van der Waals surface area contributed by atoms with Crippen molar-refractivity contribution in [3.8, 4) is 11.5 Å². The average Bonchev–Trinajstić information content (AvgIpc) is 3.61. The second kappa shape index (κ2) is 8.90. The first-order chi connectivity index (χ1) is 17.4. The van der Waals surface area contributed by atoms with Gasteiger partial charge in [0.05, 0.1) is 17.6 Å². The molecule has 9 nitrogen and oxygen atoms in total. The predicted molar refractivity (Wildman–Crippen MR) is 132 cm³/mol. The zero-order valence-electron chi connectivity index (χ0n) is 20.9. The molecule has 4 atom stereocenters. The van der Waals surface area contributed by atoms with Gasteiger partial charge in [0.2, 0.25) is 0 Å². The van der Waals surface area contributed by atoms with Crippen LogP contribution in [0.5, 0.6) is 11.5 Å².